The topological polar surface area (TPSA) is 97.5 Å². The SMILES string of the molecule is NC(=O)c1ccc(Oc2ccc(CCNC3CCCC3O)cc2)nc1. The summed E-state index contributed by atoms with van der Waals surface area (Å²) in [6, 6.07) is 11.2. The van der Waals surface area contributed by atoms with E-state index >= 15 is 0 Å². The lowest BCUT2D eigenvalue weighted by Crippen LogP contribution is -2.36. The molecule has 1 aromatic heterocycles. The van der Waals surface area contributed by atoms with Crippen LogP contribution >= 0.6 is 0 Å². The van der Waals surface area contributed by atoms with Gasteiger partial charge in [0.05, 0.1) is 11.7 Å². The Balaban J connectivity index is 1.49. The van der Waals surface area contributed by atoms with Crippen molar-refractivity contribution in [3.8, 4) is 11.6 Å². The van der Waals surface area contributed by atoms with Gasteiger partial charge >= 0.3 is 0 Å². The summed E-state index contributed by atoms with van der Waals surface area (Å²) >= 11 is 0. The summed E-state index contributed by atoms with van der Waals surface area (Å²) < 4.78 is 5.66. The minimum Gasteiger partial charge on any atom is -0.439 e. The fraction of sp³-hybridized carbons (Fsp3) is 0.368. The molecule has 2 unspecified atom stereocenters. The van der Waals surface area contributed by atoms with Crippen molar-refractivity contribution in [3.63, 3.8) is 0 Å². The molecule has 1 aromatic carbocycles. The van der Waals surface area contributed by atoms with E-state index in [1.165, 1.54) is 11.8 Å². The van der Waals surface area contributed by atoms with Crippen LogP contribution in [0.3, 0.4) is 0 Å². The van der Waals surface area contributed by atoms with Crippen LogP contribution in [-0.4, -0.2) is 34.7 Å². The summed E-state index contributed by atoms with van der Waals surface area (Å²) in [5.74, 6) is 0.582. The zero-order valence-corrected chi connectivity index (χ0v) is 14.0. The van der Waals surface area contributed by atoms with Crippen molar-refractivity contribution in [1.29, 1.82) is 0 Å². The highest BCUT2D eigenvalue weighted by Crippen LogP contribution is 2.21. The molecule has 6 heteroatoms. The number of amides is 1. The Labute approximate surface area is 147 Å². The van der Waals surface area contributed by atoms with E-state index in [2.05, 4.69) is 10.3 Å². The van der Waals surface area contributed by atoms with Crippen molar-refractivity contribution in [3.05, 3.63) is 53.7 Å². The Kier molecular flexibility index (Phi) is 5.63. The standard InChI is InChI=1S/C19H23N3O3/c20-19(24)14-6-9-18(22-12-14)25-15-7-4-13(5-8-15)10-11-21-16-2-1-3-17(16)23/h4-9,12,16-17,21,23H,1-3,10-11H2,(H2,20,24). The Bertz CT molecular complexity index is 701. The van der Waals surface area contributed by atoms with Crippen LogP contribution in [0, 0.1) is 0 Å². The monoisotopic (exact) mass is 341 g/mol. The molecule has 0 radical (unpaired) electrons. The number of carbonyl (C=O) groups excluding carboxylic acids is 1. The molecule has 1 saturated carbocycles. The molecule has 3 rings (SSSR count). The summed E-state index contributed by atoms with van der Waals surface area (Å²) in [4.78, 5) is 15.1. The molecule has 0 spiro atoms. The Morgan fingerprint density at radius 1 is 1.24 bits per heavy atom. The third kappa shape index (κ3) is 4.78. The van der Waals surface area contributed by atoms with Crippen LogP contribution in [0.15, 0.2) is 42.6 Å². The second-order valence-corrected chi connectivity index (χ2v) is 6.30. The number of ether oxygens (including phenoxy) is 1. The molecule has 4 N–H and O–H groups in total. The number of rotatable bonds is 7. The fourth-order valence-electron chi connectivity index (χ4n) is 3.01. The van der Waals surface area contributed by atoms with Crippen LogP contribution in [0.2, 0.25) is 0 Å². The number of benzene rings is 1. The molecule has 6 nitrogen and oxygen atoms in total. The highest BCUT2D eigenvalue weighted by Gasteiger charge is 2.23. The van der Waals surface area contributed by atoms with Crippen LogP contribution in [0.4, 0.5) is 0 Å². The third-order valence-electron chi connectivity index (χ3n) is 4.47. The lowest BCUT2D eigenvalue weighted by atomic mass is 10.1. The molecule has 1 aliphatic carbocycles. The highest BCUT2D eigenvalue weighted by atomic mass is 16.5. The molecule has 1 heterocycles. The fourth-order valence-corrected chi connectivity index (χ4v) is 3.01. The number of aliphatic hydroxyl groups excluding tert-OH is 1. The van der Waals surface area contributed by atoms with Crippen LogP contribution in [0.1, 0.15) is 35.2 Å². The largest absolute Gasteiger partial charge is 0.439 e. The van der Waals surface area contributed by atoms with Gasteiger partial charge in [0.2, 0.25) is 11.8 Å². The number of aliphatic hydroxyl groups is 1. The van der Waals surface area contributed by atoms with Gasteiger partial charge < -0.3 is 20.9 Å². The lowest BCUT2D eigenvalue weighted by molar-refractivity contribution is 0.1000. The Morgan fingerprint density at radius 2 is 2.04 bits per heavy atom. The summed E-state index contributed by atoms with van der Waals surface area (Å²) in [6.45, 7) is 0.845. The normalized spacial score (nSPS) is 19.7. The Morgan fingerprint density at radius 3 is 2.64 bits per heavy atom. The number of nitrogens with zero attached hydrogens (tertiary/aromatic N) is 1. The van der Waals surface area contributed by atoms with Gasteiger partial charge in [0.1, 0.15) is 5.75 Å². The molecular weight excluding hydrogens is 318 g/mol. The van der Waals surface area contributed by atoms with E-state index in [9.17, 15) is 9.90 Å². The Hall–Kier alpha value is -2.44. The quantitative estimate of drug-likeness (QED) is 0.716. The van der Waals surface area contributed by atoms with Gasteiger partial charge in [0.25, 0.3) is 0 Å². The second-order valence-electron chi connectivity index (χ2n) is 6.30. The van der Waals surface area contributed by atoms with Crippen molar-refractivity contribution in [2.24, 2.45) is 5.73 Å². The number of hydrogen-bond acceptors (Lipinski definition) is 5. The first-order valence-electron chi connectivity index (χ1n) is 8.56. The average molecular weight is 341 g/mol. The van der Waals surface area contributed by atoms with Gasteiger partial charge in [0.15, 0.2) is 0 Å². The molecule has 0 saturated heterocycles. The molecule has 1 fully saturated rings. The first-order chi connectivity index (χ1) is 12.1. The average Bonchev–Trinajstić information content (AvgIpc) is 3.02. The van der Waals surface area contributed by atoms with Gasteiger partial charge in [-0.1, -0.05) is 12.1 Å². The zero-order chi connectivity index (χ0) is 17.6. The van der Waals surface area contributed by atoms with Crippen LogP contribution in [0.5, 0.6) is 11.6 Å². The van der Waals surface area contributed by atoms with Crippen LogP contribution in [-0.2, 0) is 6.42 Å². The number of aromatic nitrogens is 1. The number of carbonyl (C=O) groups is 1. The van der Waals surface area contributed by atoms with Crippen molar-refractivity contribution in [1.82, 2.24) is 10.3 Å². The molecule has 2 atom stereocenters. The van der Waals surface area contributed by atoms with Gasteiger partial charge in [-0.2, -0.15) is 0 Å². The van der Waals surface area contributed by atoms with E-state index in [0.29, 0.717) is 17.2 Å². The van der Waals surface area contributed by atoms with E-state index < -0.39 is 5.91 Å². The van der Waals surface area contributed by atoms with Gasteiger partial charge in [-0.3, -0.25) is 4.79 Å². The van der Waals surface area contributed by atoms with Crippen molar-refractivity contribution in [2.45, 2.75) is 37.8 Å². The molecule has 25 heavy (non-hydrogen) atoms. The van der Waals surface area contributed by atoms with Crippen molar-refractivity contribution in [2.75, 3.05) is 6.54 Å². The van der Waals surface area contributed by atoms with Gasteiger partial charge in [0, 0.05) is 18.3 Å². The molecule has 0 bridgehead atoms. The molecule has 1 aliphatic rings. The lowest BCUT2D eigenvalue weighted by Gasteiger charge is -2.16. The third-order valence-corrected chi connectivity index (χ3v) is 4.47. The van der Waals surface area contributed by atoms with Gasteiger partial charge in [-0.05, 0) is 56.0 Å². The predicted molar refractivity (Wildman–Crippen MR) is 94.6 cm³/mol. The predicted octanol–water partition coefficient (Wildman–Crippen LogP) is 2.02. The minimum absolute atomic E-state index is 0.204. The maximum absolute atomic E-state index is 11.0. The summed E-state index contributed by atoms with van der Waals surface area (Å²) in [5.41, 5.74) is 6.73. The first-order valence-corrected chi connectivity index (χ1v) is 8.56. The molecule has 0 aliphatic heterocycles. The van der Waals surface area contributed by atoms with E-state index in [1.54, 1.807) is 12.1 Å². The van der Waals surface area contributed by atoms with Crippen LogP contribution in [0.25, 0.3) is 0 Å². The highest BCUT2D eigenvalue weighted by molar-refractivity contribution is 5.92. The van der Waals surface area contributed by atoms with Gasteiger partial charge in [-0.15, -0.1) is 0 Å². The van der Waals surface area contributed by atoms with E-state index in [0.717, 1.165) is 32.2 Å². The number of hydrogen-bond donors (Lipinski definition) is 3. The molecule has 2 aromatic rings. The minimum atomic E-state index is -0.512. The summed E-state index contributed by atoms with van der Waals surface area (Å²) in [6.07, 6.45) is 5.14. The number of nitrogens with one attached hydrogen (secondary N) is 1. The zero-order valence-electron chi connectivity index (χ0n) is 14.0. The van der Waals surface area contributed by atoms with Crippen molar-refractivity contribution < 1.29 is 14.6 Å². The second kappa shape index (κ2) is 8.09. The maximum atomic E-state index is 11.0. The number of primary amides is 1. The molecule has 1 amide bonds. The van der Waals surface area contributed by atoms with E-state index in [4.69, 9.17) is 10.5 Å². The number of pyridine rings is 1. The summed E-state index contributed by atoms with van der Waals surface area (Å²) in [7, 11) is 0. The summed E-state index contributed by atoms with van der Waals surface area (Å²) in [5, 5.41) is 13.2. The van der Waals surface area contributed by atoms with Gasteiger partial charge in [-0.25, -0.2) is 4.98 Å². The molecule has 132 valence electrons. The maximum Gasteiger partial charge on any atom is 0.250 e. The van der Waals surface area contributed by atoms with Crippen molar-refractivity contribution >= 4 is 5.91 Å². The van der Waals surface area contributed by atoms with Crippen LogP contribution < -0.4 is 15.8 Å². The van der Waals surface area contributed by atoms with E-state index in [-0.39, 0.29) is 12.1 Å². The molecular formula is C19H23N3O3. The first kappa shape index (κ1) is 17.4. The smallest absolute Gasteiger partial charge is 0.250 e. The number of nitrogens with two attached hydrogens (primary N) is 1. The van der Waals surface area contributed by atoms with E-state index in [1.807, 2.05) is 24.3 Å².